The molecule has 7 heteroatoms. The molecule has 0 radical (unpaired) electrons. The average molecular weight is 424 g/mol. The van der Waals surface area contributed by atoms with Gasteiger partial charge in [-0.05, 0) is 60.7 Å². The van der Waals surface area contributed by atoms with Gasteiger partial charge in [0.1, 0.15) is 5.75 Å². The molecule has 0 aromatic heterocycles. The molecule has 0 unspecified atom stereocenters. The summed E-state index contributed by atoms with van der Waals surface area (Å²) in [6.45, 7) is -0.418. The quantitative estimate of drug-likeness (QED) is 0.442. The Balaban J connectivity index is 1.56. The summed E-state index contributed by atoms with van der Waals surface area (Å²) in [5.74, 6) is -0.679. The molecular weight excluding hydrogens is 406 g/mol. The van der Waals surface area contributed by atoms with Crippen LogP contribution in [-0.4, -0.2) is 31.4 Å². The number of ketones is 1. The smallest absolute Gasteiger partial charge is 0.338 e. The first-order chi connectivity index (χ1) is 14.5. The number of nitrogens with one attached hydrogen (secondary N) is 1. The van der Waals surface area contributed by atoms with Crippen LogP contribution in [0.4, 0.5) is 5.69 Å². The van der Waals surface area contributed by atoms with Crippen LogP contribution in [0.3, 0.4) is 0 Å². The zero-order valence-corrected chi connectivity index (χ0v) is 16.8. The van der Waals surface area contributed by atoms with Crippen LogP contribution in [0.5, 0.6) is 5.75 Å². The number of ether oxygens (including phenoxy) is 2. The Morgan fingerprint density at radius 2 is 1.50 bits per heavy atom. The molecule has 0 bridgehead atoms. The number of carbonyl (C=O) groups excluding carboxylic acids is 3. The minimum Gasteiger partial charge on any atom is -0.497 e. The van der Waals surface area contributed by atoms with E-state index in [9.17, 15) is 14.4 Å². The lowest BCUT2D eigenvalue weighted by Crippen LogP contribution is -2.15. The van der Waals surface area contributed by atoms with Crippen molar-refractivity contribution in [2.75, 3.05) is 19.0 Å². The second kappa shape index (κ2) is 9.71. The molecule has 1 amide bonds. The summed E-state index contributed by atoms with van der Waals surface area (Å²) in [5, 5.41) is 3.04. The maximum absolute atomic E-state index is 12.3. The summed E-state index contributed by atoms with van der Waals surface area (Å²) in [4.78, 5) is 36.6. The highest BCUT2D eigenvalue weighted by atomic mass is 35.5. The van der Waals surface area contributed by atoms with Crippen LogP contribution in [-0.2, 0) is 4.74 Å². The van der Waals surface area contributed by atoms with Crippen LogP contribution < -0.4 is 10.1 Å². The number of methoxy groups -OCH3 is 1. The first-order valence-corrected chi connectivity index (χ1v) is 9.36. The van der Waals surface area contributed by atoms with Gasteiger partial charge in [0.25, 0.3) is 5.91 Å². The molecule has 1 N–H and O–H groups in total. The van der Waals surface area contributed by atoms with E-state index >= 15 is 0 Å². The Labute approximate surface area is 178 Å². The Hall–Kier alpha value is -3.64. The fraction of sp³-hybridized carbons (Fsp3) is 0.0870. The molecular formula is C23H18ClNO5. The number of hydrogen-bond acceptors (Lipinski definition) is 5. The van der Waals surface area contributed by atoms with Gasteiger partial charge in [0.15, 0.2) is 6.61 Å². The number of anilines is 1. The predicted molar refractivity (Wildman–Crippen MR) is 113 cm³/mol. The molecule has 0 fully saturated rings. The van der Waals surface area contributed by atoms with E-state index in [2.05, 4.69) is 5.32 Å². The molecule has 3 aromatic rings. The average Bonchev–Trinajstić information content (AvgIpc) is 2.78. The monoisotopic (exact) mass is 423 g/mol. The first-order valence-electron chi connectivity index (χ1n) is 8.98. The van der Waals surface area contributed by atoms with Gasteiger partial charge >= 0.3 is 5.97 Å². The molecule has 0 spiro atoms. The summed E-state index contributed by atoms with van der Waals surface area (Å²) in [6.07, 6.45) is 0. The van der Waals surface area contributed by atoms with Crippen molar-refractivity contribution in [3.8, 4) is 5.75 Å². The Kier molecular flexibility index (Phi) is 6.83. The van der Waals surface area contributed by atoms with E-state index < -0.39 is 18.4 Å². The molecule has 0 saturated heterocycles. The Morgan fingerprint density at radius 1 is 0.867 bits per heavy atom. The molecule has 0 atom stereocenters. The molecule has 0 saturated carbocycles. The zero-order valence-electron chi connectivity index (χ0n) is 16.1. The van der Waals surface area contributed by atoms with Gasteiger partial charge in [-0.25, -0.2) is 4.79 Å². The molecule has 0 aliphatic carbocycles. The molecule has 3 aromatic carbocycles. The summed E-state index contributed by atoms with van der Waals surface area (Å²) >= 11 is 5.97. The van der Waals surface area contributed by atoms with Gasteiger partial charge in [-0.2, -0.15) is 0 Å². The van der Waals surface area contributed by atoms with E-state index in [1.54, 1.807) is 67.8 Å². The summed E-state index contributed by atoms with van der Waals surface area (Å²) in [7, 11) is 1.55. The topological polar surface area (TPSA) is 81.7 Å². The maximum Gasteiger partial charge on any atom is 0.338 e. The fourth-order valence-electron chi connectivity index (χ4n) is 2.61. The van der Waals surface area contributed by atoms with Crippen molar-refractivity contribution < 1.29 is 23.9 Å². The van der Waals surface area contributed by atoms with Gasteiger partial charge in [-0.3, -0.25) is 9.59 Å². The summed E-state index contributed by atoms with van der Waals surface area (Å²) in [6, 6.07) is 19.4. The zero-order chi connectivity index (χ0) is 21.5. The van der Waals surface area contributed by atoms with Gasteiger partial charge in [0.05, 0.1) is 17.7 Å². The lowest BCUT2D eigenvalue weighted by molar-refractivity contribution is 0.0475. The third-order valence-corrected chi connectivity index (χ3v) is 4.57. The number of esters is 1. The standard InChI is InChI=1S/C23H18ClNO5/c1-29-18-12-8-15(9-13-18)22(27)25-17-10-6-16(7-11-17)23(28)30-14-21(26)19-4-2-3-5-20(19)24/h2-13H,14H2,1H3,(H,25,27). The Bertz CT molecular complexity index is 1060. The minimum absolute atomic E-state index is 0.254. The van der Waals surface area contributed by atoms with Crippen LogP contribution >= 0.6 is 11.6 Å². The summed E-state index contributed by atoms with van der Waals surface area (Å²) in [5.41, 5.74) is 1.53. The van der Waals surface area contributed by atoms with E-state index in [0.29, 0.717) is 27.6 Å². The number of Topliss-reactive ketones (excluding diaryl/α,β-unsaturated/α-hetero) is 1. The highest BCUT2D eigenvalue weighted by molar-refractivity contribution is 6.34. The second-order valence-electron chi connectivity index (χ2n) is 6.24. The molecule has 3 rings (SSSR count). The van der Waals surface area contributed by atoms with E-state index in [0.717, 1.165) is 0 Å². The van der Waals surface area contributed by atoms with Crippen molar-refractivity contribution in [3.63, 3.8) is 0 Å². The van der Waals surface area contributed by atoms with E-state index in [1.807, 2.05) is 0 Å². The summed E-state index contributed by atoms with van der Waals surface area (Å²) < 4.78 is 10.1. The number of hydrogen-bond donors (Lipinski definition) is 1. The normalized spacial score (nSPS) is 10.2. The van der Waals surface area contributed by atoms with Gasteiger partial charge in [-0.15, -0.1) is 0 Å². The van der Waals surface area contributed by atoms with E-state index in [1.165, 1.54) is 12.1 Å². The van der Waals surface area contributed by atoms with Gasteiger partial charge in [0.2, 0.25) is 5.78 Å². The van der Waals surface area contributed by atoms with Crippen molar-refractivity contribution >= 4 is 34.9 Å². The second-order valence-corrected chi connectivity index (χ2v) is 6.65. The SMILES string of the molecule is COc1ccc(C(=O)Nc2ccc(C(=O)OCC(=O)c3ccccc3Cl)cc2)cc1. The number of rotatable bonds is 7. The lowest BCUT2D eigenvalue weighted by atomic mass is 10.1. The molecule has 0 heterocycles. The molecule has 0 aliphatic rings. The van der Waals surface area contributed by atoms with Crippen LogP contribution in [0.15, 0.2) is 72.8 Å². The van der Waals surface area contributed by atoms with Gasteiger partial charge in [0, 0.05) is 16.8 Å². The van der Waals surface area contributed by atoms with E-state index in [-0.39, 0.29) is 11.5 Å². The van der Waals surface area contributed by atoms with Crippen molar-refractivity contribution in [2.24, 2.45) is 0 Å². The molecule has 30 heavy (non-hydrogen) atoms. The van der Waals surface area contributed by atoms with Crippen LogP contribution in [0.25, 0.3) is 0 Å². The number of carbonyl (C=O) groups is 3. The highest BCUT2D eigenvalue weighted by Crippen LogP contribution is 2.17. The third-order valence-electron chi connectivity index (χ3n) is 4.24. The van der Waals surface area contributed by atoms with Crippen LogP contribution in [0.2, 0.25) is 5.02 Å². The minimum atomic E-state index is -0.650. The van der Waals surface area contributed by atoms with E-state index in [4.69, 9.17) is 21.1 Å². The third kappa shape index (κ3) is 5.24. The van der Waals surface area contributed by atoms with Crippen molar-refractivity contribution in [1.82, 2.24) is 0 Å². The number of amides is 1. The largest absolute Gasteiger partial charge is 0.497 e. The molecule has 0 aliphatic heterocycles. The maximum atomic E-state index is 12.3. The van der Waals surface area contributed by atoms with Crippen LogP contribution in [0, 0.1) is 0 Å². The fourth-order valence-corrected chi connectivity index (χ4v) is 2.86. The molecule has 6 nitrogen and oxygen atoms in total. The Morgan fingerprint density at radius 3 is 2.13 bits per heavy atom. The number of halogens is 1. The molecule has 152 valence electrons. The van der Waals surface area contributed by atoms with Crippen molar-refractivity contribution in [2.45, 2.75) is 0 Å². The lowest BCUT2D eigenvalue weighted by Gasteiger charge is -2.08. The highest BCUT2D eigenvalue weighted by Gasteiger charge is 2.14. The van der Waals surface area contributed by atoms with Gasteiger partial charge < -0.3 is 14.8 Å². The first kappa shape index (κ1) is 21.1. The van der Waals surface area contributed by atoms with Crippen molar-refractivity contribution in [3.05, 3.63) is 94.5 Å². The van der Waals surface area contributed by atoms with Crippen molar-refractivity contribution in [1.29, 1.82) is 0 Å². The number of benzene rings is 3. The van der Waals surface area contributed by atoms with Gasteiger partial charge in [-0.1, -0.05) is 23.7 Å². The predicted octanol–water partition coefficient (Wildman–Crippen LogP) is 4.64. The van der Waals surface area contributed by atoms with Crippen LogP contribution in [0.1, 0.15) is 31.1 Å².